The van der Waals surface area contributed by atoms with Gasteiger partial charge in [0.1, 0.15) is 5.82 Å². The number of rotatable bonds is 3. The minimum absolute atomic E-state index is 0.330. The van der Waals surface area contributed by atoms with E-state index in [1.807, 2.05) is 0 Å². The maximum Gasteiger partial charge on any atom is 0.196 e. The van der Waals surface area contributed by atoms with Gasteiger partial charge in [0.2, 0.25) is 0 Å². The van der Waals surface area contributed by atoms with Gasteiger partial charge in [-0.05, 0) is 18.2 Å². The Hall–Kier alpha value is -1.01. The number of hydrogen-bond donors (Lipinski definition) is 0. The van der Waals surface area contributed by atoms with Crippen molar-refractivity contribution < 1.29 is 4.39 Å². The first kappa shape index (κ1) is 14.9. The van der Waals surface area contributed by atoms with Gasteiger partial charge >= 0.3 is 0 Å². The lowest BCUT2D eigenvalue weighted by molar-refractivity contribution is 0.617. The molecule has 3 aromatic rings. The summed E-state index contributed by atoms with van der Waals surface area (Å²) in [5.41, 5.74) is 0.928. The van der Waals surface area contributed by atoms with Crippen molar-refractivity contribution in [3.8, 4) is 0 Å². The number of hydrogen-bond acceptors (Lipinski definition) is 3. The second-order valence-corrected chi connectivity index (χ2v) is 6.36. The van der Waals surface area contributed by atoms with Crippen LogP contribution in [0.2, 0.25) is 15.1 Å². The molecule has 0 fully saturated rings. The lowest BCUT2D eigenvalue weighted by atomic mass is 10.2. The third kappa shape index (κ3) is 2.97. The van der Waals surface area contributed by atoms with E-state index >= 15 is 0 Å². The van der Waals surface area contributed by atoms with E-state index in [1.165, 1.54) is 17.8 Å². The zero-order valence-electron chi connectivity index (χ0n) is 10.4. The molecule has 0 aliphatic rings. The van der Waals surface area contributed by atoms with Crippen molar-refractivity contribution in [2.75, 3.05) is 0 Å². The molecule has 3 nitrogen and oxygen atoms in total. The topological polar surface area (TPSA) is 30.2 Å². The maximum absolute atomic E-state index is 13.7. The minimum atomic E-state index is -0.347. The van der Waals surface area contributed by atoms with Crippen LogP contribution in [-0.4, -0.2) is 14.6 Å². The van der Waals surface area contributed by atoms with Crippen molar-refractivity contribution in [3.63, 3.8) is 0 Å². The van der Waals surface area contributed by atoms with Crippen LogP contribution in [0.25, 0.3) is 5.65 Å². The highest BCUT2D eigenvalue weighted by Gasteiger charge is 2.13. The van der Waals surface area contributed by atoms with Gasteiger partial charge in [0.05, 0.1) is 10.0 Å². The van der Waals surface area contributed by atoms with Gasteiger partial charge in [-0.1, -0.05) is 52.6 Å². The number of halogens is 4. The Morgan fingerprint density at radius 1 is 1.14 bits per heavy atom. The van der Waals surface area contributed by atoms with Crippen molar-refractivity contribution in [1.82, 2.24) is 14.6 Å². The monoisotopic (exact) mass is 361 g/mol. The number of nitrogens with zero attached hydrogens (tertiary/aromatic N) is 3. The summed E-state index contributed by atoms with van der Waals surface area (Å²) in [5, 5.41) is 9.85. The average Bonchev–Trinajstić information content (AvgIpc) is 2.81. The Morgan fingerprint density at radius 2 is 1.95 bits per heavy atom. The van der Waals surface area contributed by atoms with Crippen molar-refractivity contribution in [1.29, 1.82) is 0 Å². The molecule has 0 amide bonds. The van der Waals surface area contributed by atoms with Gasteiger partial charge in [0.25, 0.3) is 0 Å². The smallest absolute Gasteiger partial charge is 0.196 e. The average molecular weight is 363 g/mol. The molecule has 1 aromatic carbocycles. The minimum Gasteiger partial charge on any atom is -0.275 e. The van der Waals surface area contributed by atoms with E-state index in [4.69, 9.17) is 34.8 Å². The first-order valence-corrected chi connectivity index (χ1v) is 7.93. The molecule has 0 bridgehead atoms. The molecule has 3 rings (SSSR count). The number of fused-ring (bicyclic) bond motifs is 1. The summed E-state index contributed by atoms with van der Waals surface area (Å²) < 4.78 is 15.4. The maximum atomic E-state index is 13.7. The molecule has 2 aromatic heterocycles. The van der Waals surface area contributed by atoms with Gasteiger partial charge in [0.15, 0.2) is 10.8 Å². The highest BCUT2D eigenvalue weighted by molar-refractivity contribution is 7.98. The Morgan fingerprint density at radius 3 is 2.71 bits per heavy atom. The zero-order chi connectivity index (χ0) is 15.0. The molecule has 108 valence electrons. The largest absolute Gasteiger partial charge is 0.275 e. The SMILES string of the molecule is Fc1cccc(Cl)c1CSc1nnc2c(Cl)cc(Cl)cn12. The first-order valence-electron chi connectivity index (χ1n) is 5.81. The molecule has 0 N–H and O–H groups in total. The number of aromatic nitrogens is 3. The summed E-state index contributed by atoms with van der Waals surface area (Å²) in [6.07, 6.45) is 1.66. The third-order valence-corrected chi connectivity index (χ3v) is 4.61. The number of pyridine rings is 1. The fourth-order valence-electron chi connectivity index (χ4n) is 1.81. The lowest BCUT2D eigenvalue weighted by Crippen LogP contribution is -1.92. The second kappa shape index (κ2) is 6.01. The molecular weight excluding hydrogens is 356 g/mol. The Labute approximate surface area is 139 Å². The molecule has 0 saturated heterocycles. The molecule has 0 atom stereocenters. The van der Waals surface area contributed by atoms with E-state index < -0.39 is 0 Å². The summed E-state index contributed by atoms with van der Waals surface area (Å²) >= 11 is 19.3. The fraction of sp³-hybridized carbons (Fsp3) is 0.0769. The van der Waals surface area contributed by atoms with Crippen LogP contribution in [0, 0.1) is 5.82 Å². The van der Waals surface area contributed by atoms with Gasteiger partial charge < -0.3 is 0 Å². The summed E-state index contributed by atoms with van der Waals surface area (Å²) in [6, 6.07) is 6.18. The van der Waals surface area contributed by atoms with Crippen LogP contribution in [0.3, 0.4) is 0 Å². The van der Waals surface area contributed by atoms with Crippen molar-refractivity contribution in [2.45, 2.75) is 10.9 Å². The number of thioether (sulfide) groups is 1. The first-order chi connectivity index (χ1) is 10.1. The van der Waals surface area contributed by atoms with Crippen LogP contribution in [0.15, 0.2) is 35.6 Å². The fourth-order valence-corrected chi connectivity index (χ4v) is 3.57. The van der Waals surface area contributed by atoms with Crippen LogP contribution in [0.1, 0.15) is 5.56 Å². The van der Waals surface area contributed by atoms with Gasteiger partial charge in [-0.3, -0.25) is 4.40 Å². The van der Waals surface area contributed by atoms with Crippen LogP contribution >= 0.6 is 46.6 Å². The van der Waals surface area contributed by atoms with E-state index in [0.29, 0.717) is 37.2 Å². The van der Waals surface area contributed by atoms with Gasteiger partial charge in [-0.15, -0.1) is 10.2 Å². The molecule has 0 saturated carbocycles. The number of benzene rings is 1. The molecule has 21 heavy (non-hydrogen) atoms. The van der Waals surface area contributed by atoms with Crippen LogP contribution in [0.4, 0.5) is 4.39 Å². The predicted octanol–water partition coefficient (Wildman–Crippen LogP) is 5.12. The molecular formula is C13H7Cl3FN3S. The van der Waals surface area contributed by atoms with Gasteiger partial charge in [-0.25, -0.2) is 4.39 Å². The third-order valence-electron chi connectivity index (χ3n) is 2.80. The van der Waals surface area contributed by atoms with E-state index in [0.717, 1.165) is 0 Å². The zero-order valence-corrected chi connectivity index (χ0v) is 13.4. The molecule has 2 heterocycles. The van der Waals surface area contributed by atoms with Gasteiger partial charge in [0, 0.05) is 22.5 Å². The van der Waals surface area contributed by atoms with E-state index in [-0.39, 0.29) is 5.82 Å². The molecule has 8 heteroatoms. The summed E-state index contributed by atoms with van der Waals surface area (Å²) in [5.74, 6) is -0.0175. The molecule has 0 aliphatic heterocycles. The van der Waals surface area contributed by atoms with Crippen molar-refractivity contribution in [3.05, 3.63) is 56.9 Å². The normalized spacial score (nSPS) is 11.2. The Bertz CT molecular complexity index is 802. The van der Waals surface area contributed by atoms with Crippen LogP contribution < -0.4 is 0 Å². The molecule has 0 unspecified atom stereocenters. The van der Waals surface area contributed by atoms with E-state index in [9.17, 15) is 4.39 Å². The quantitative estimate of drug-likeness (QED) is 0.606. The van der Waals surface area contributed by atoms with Crippen LogP contribution in [0.5, 0.6) is 0 Å². The lowest BCUT2D eigenvalue weighted by Gasteiger charge is -2.05. The molecule has 0 radical (unpaired) electrons. The standard InChI is InChI=1S/C13H7Cl3FN3S/c14-7-4-10(16)12-18-19-13(20(12)5-7)21-6-8-9(15)2-1-3-11(8)17/h1-5H,6H2. The van der Waals surface area contributed by atoms with E-state index in [1.54, 1.807) is 28.8 Å². The predicted molar refractivity (Wildman–Crippen MR) is 84.0 cm³/mol. The van der Waals surface area contributed by atoms with Crippen LogP contribution in [-0.2, 0) is 5.75 Å². The summed E-state index contributed by atoms with van der Waals surface area (Å²) in [4.78, 5) is 0. The summed E-state index contributed by atoms with van der Waals surface area (Å²) in [7, 11) is 0. The summed E-state index contributed by atoms with van der Waals surface area (Å²) in [6.45, 7) is 0. The highest BCUT2D eigenvalue weighted by atomic mass is 35.5. The van der Waals surface area contributed by atoms with Crippen molar-refractivity contribution in [2.24, 2.45) is 0 Å². The molecule has 0 spiro atoms. The van der Waals surface area contributed by atoms with Gasteiger partial charge in [-0.2, -0.15) is 0 Å². The Kier molecular flexibility index (Phi) is 4.26. The highest BCUT2D eigenvalue weighted by Crippen LogP contribution is 2.30. The van der Waals surface area contributed by atoms with E-state index in [2.05, 4.69) is 10.2 Å². The Balaban J connectivity index is 1.93. The molecule has 0 aliphatic carbocycles. The van der Waals surface area contributed by atoms with Crippen molar-refractivity contribution >= 4 is 52.2 Å². The second-order valence-electron chi connectivity index (χ2n) is 4.17.